The summed E-state index contributed by atoms with van der Waals surface area (Å²) in [6.45, 7) is 4.33. The van der Waals surface area contributed by atoms with Gasteiger partial charge in [0.15, 0.2) is 0 Å². The first-order chi connectivity index (χ1) is 10.4. The Kier molecular flexibility index (Phi) is 6.70. The lowest BCUT2D eigenvalue weighted by Crippen LogP contribution is -2.15. The van der Waals surface area contributed by atoms with Gasteiger partial charge < -0.3 is 5.32 Å². The Hall–Kier alpha value is -0.150. The molecular weight excluding hydrogens is 568 g/mol. The molecule has 0 radical (unpaired) electrons. The molecule has 0 saturated heterocycles. The van der Waals surface area contributed by atoms with Gasteiger partial charge in [0.1, 0.15) is 0 Å². The first-order valence-corrected chi connectivity index (χ1v) is 9.93. The van der Waals surface area contributed by atoms with Crippen LogP contribution in [0.4, 0.5) is 5.69 Å². The second-order valence-electron chi connectivity index (χ2n) is 5.10. The largest absolute Gasteiger partial charge is 0.322 e. The van der Waals surface area contributed by atoms with Crippen LogP contribution in [0.2, 0.25) is 0 Å². The fraction of sp³-hybridized carbons (Fsp3) is 0.235. The lowest BCUT2D eigenvalue weighted by Gasteiger charge is -2.16. The minimum absolute atomic E-state index is 0.0842. The summed E-state index contributed by atoms with van der Waals surface area (Å²) in [6, 6.07) is 11.9. The predicted molar refractivity (Wildman–Crippen MR) is 113 cm³/mol. The Balaban J connectivity index is 2.34. The third-order valence-electron chi connectivity index (χ3n) is 3.59. The number of benzene rings is 2. The molecule has 22 heavy (non-hydrogen) atoms. The van der Waals surface area contributed by atoms with Crippen molar-refractivity contribution in [1.29, 1.82) is 0 Å². The summed E-state index contributed by atoms with van der Waals surface area (Å²) in [5.41, 5.74) is 2.73. The van der Waals surface area contributed by atoms with E-state index in [4.69, 9.17) is 0 Å². The zero-order valence-electron chi connectivity index (χ0n) is 12.3. The van der Waals surface area contributed by atoms with Crippen molar-refractivity contribution in [1.82, 2.24) is 0 Å². The topological polar surface area (TPSA) is 29.1 Å². The van der Waals surface area contributed by atoms with Crippen LogP contribution in [0.25, 0.3) is 0 Å². The van der Waals surface area contributed by atoms with E-state index in [-0.39, 0.29) is 5.91 Å². The van der Waals surface area contributed by atoms with Gasteiger partial charge in [-0.2, -0.15) is 0 Å². The first-order valence-electron chi connectivity index (χ1n) is 6.98. The van der Waals surface area contributed by atoms with Crippen molar-refractivity contribution in [2.24, 2.45) is 0 Å². The van der Waals surface area contributed by atoms with Crippen molar-refractivity contribution < 1.29 is 4.79 Å². The zero-order chi connectivity index (χ0) is 16.3. The van der Waals surface area contributed by atoms with Gasteiger partial charge in [-0.25, -0.2) is 0 Å². The average molecular weight is 584 g/mol. The number of amides is 1. The molecule has 0 aromatic heterocycles. The number of hydrogen-bond acceptors (Lipinski definition) is 1. The Morgan fingerprint density at radius 3 is 2.64 bits per heavy atom. The van der Waals surface area contributed by atoms with Gasteiger partial charge in [0.25, 0.3) is 5.91 Å². The van der Waals surface area contributed by atoms with Crippen LogP contribution in [0.5, 0.6) is 0 Å². The molecule has 1 atom stereocenters. The number of carbonyl (C=O) groups is 1. The van der Waals surface area contributed by atoms with E-state index >= 15 is 0 Å². The smallest absolute Gasteiger partial charge is 0.256 e. The molecule has 2 aromatic rings. The molecule has 0 spiro atoms. The van der Waals surface area contributed by atoms with Crippen LogP contribution in [0.3, 0.4) is 0 Å². The van der Waals surface area contributed by atoms with Crippen LogP contribution in [-0.2, 0) is 0 Å². The Morgan fingerprint density at radius 1 is 1.27 bits per heavy atom. The maximum atomic E-state index is 12.7. The molecule has 2 aromatic carbocycles. The SMILES string of the molecule is CC[C@H](C)c1ccccc1NC(=O)c1cc(I)cc(I)c1Br. The summed E-state index contributed by atoms with van der Waals surface area (Å²) in [6.07, 6.45) is 1.04. The molecule has 5 heteroatoms. The first kappa shape index (κ1) is 18.2. The molecule has 0 heterocycles. The number of anilines is 1. The predicted octanol–water partition coefficient (Wildman–Crippen LogP) is 6.42. The fourth-order valence-corrected chi connectivity index (χ4v) is 4.43. The van der Waals surface area contributed by atoms with Gasteiger partial charge >= 0.3 is 0 Å². The zero-order valence-corrected chi connectivity index (χ0v) is 18.2. The van der Waals surface area contributed by atoms with E-state index in [1.54, 1.807) is 0 Å². The van der Waals surface area contributed by atoms with Crippen LogP contribution in [0.1, 0.15) is 42.1 Å². The average Bonchev–Trinajstić information content (AvgIpc) is 2.50. The van der Waals surface area contributed by atoms with Gasteiger partial charge in [-0.1, -0.05) is 32.0 Å². The molecule has 0 aliphatic heterocycles. The van der Waals surface area contributed by atoms with Crippen molar-refractivity contribution >= 4 is 72.7 Å². The van der Waals surface area contributed by atoms with Crippen molar-refractivity contribution in [3.63, 3.8) is 0 Å². The number of rotatable bonds is 4. The Labute approximate surface area is 166 Å². The van der Waals surface area contributed by atoms with Gasteiger partial charge in [-0.15, -0.1) is 0 Å². The van der Waals surface area contributed by atoms with Crippen LogP contribution in [0, 0.1) is 7.14 Å². The van der Waals surface area contributed by atoms with Gasteiger partial charge in [-0.3, -0.25) is 4.79 Å². The number of hydrogen-bond donors (Lipinski definition) is 1. The molecule has 0 aliphatic carbocycles. The van der Waals surface area contributed by atoms with E-state index in [0.717, 1.165) is 23.7 Å². The molecule has 0 unspecified atom stereocenters. The third kappa shape index (κ3) is 4.23. The van der Waals surface area contributed by atoms with E-state index in [0.29, 0.717) is 11.5 Å². The maximum absolute atomic E-state index is 12.7. The van der Waals surface area contributed by atoms with Crippen LogP contribution in [0.15, 0.2) is 40.9 Å². The standard InChI is InChI=1S/C17H16BrI2NO/c1-3-10(2)12-6-4-5-7-15(12)21-17(22)13-8-11(19)9-14(20)16(13)18/h4-10H,3H2,1-2H3,(H,21,22)/t10-/m0/s1. The van der Waals surface area contributed by atoms with Gasteiger partial charge in [0.05, 0.1) is 5.56 Å². The molecule has 0 bridgehead atoms. The number of carbonyl (C=O) groups excluding carboxylic acids is 1. The molecule has 0 fully saturated rings. The van der Waals surface area contributed by atoms with E-state index in [2.05, 4.69) is 86.3 Å². The van der Waals surface area contributed by atoms with E-state index in [1.807, 2.05) is 30.3 Å². The molecule has 0 saturated carbocycles. The van der Waals surface area contributed by atoms with E-state index in [1.165, 1.54) is 5.56 Å². The normalized spacial score (nSPS) is 12.0. The van der Waals surface area contributed by atoms with Crippen molar-refractivity contribution in [3.05, 3.63) is 59.1 Å². The quantitative estimate of drug-likeness (QED) is 0.326. The summed E-state index contributed by atoms with van der Waals surface area (Å²) >= 11 is 7.98. The summed E-state index contributed by atoms with van der Waals surface area (Å²) in [5.74, 6) is 0.329. The minimum atomic E-state index is -0.0842. The molecule has 116 valence electrons. The highest BCUT2D eigenvalue weighted by Crippen LogP contribution is 2.29. The Bertz CT molecular complexity index is 703. The fourth-order valence-electron chi connectivity index (χ4n) is 2.17. The molecule has 2 nitrogen and oxygen atoms in total. The molecule has 0 aliphatic rings. The van der Waals surface area contributed by atoms with Gasteiger partial charge in [0, 0.05) is 17.3 Å². The monoisotopic (exact) mass is 583 g/mol. The molecule has 1 amide bonds. The minimum Gasteiger partial charge on any atom is -0.322 e. The van der Waals surface area contributed by atoms with Crippen molar-refractivity contribution in [2.45, 2.75) is 26.2 Å². The van der Waals surface area contributed by atoms with Crippen LogP contribution >= 0.6 is 61.1 Å². The highest BCUT2D eigenvalue weighted by Gasteiger charge is 2.16. The molecule has 2 rings (SSSR count). The van der Waals surface area contributed by atoms with E-state index < -0.39 is 0 Å². The van der Waals surface area contributed by atoms with Gasteiger partial charge in [-0.05, 0) is 97.2 Å². The second-order valence-corrected chi connectivity index (χ2v) is 8.30. The lowest BCUT2D eigenvalue weighted by atomic mass is 9.97. The van der Waals surface area contributed by atoms with Gasteiger partial charge in [0.2, 0.25) is 0 Å². The second kappa shape index (κ2) is 8.10. The summed E-state index contributed by atoms with van der Waals surface area (Å²) in [4.78, 5) is 12.7. The molecule has 1 N–H and O–H groups in total. The Morgan fingerprint density at radius 2 is 1.95 bits per heavy atom. The molecular formula is C17H16BrI2NO. The maximum Gasteiger partial charge on any atom is 0.256 e. The highest BCUT2D eigenvalue weighted by atomic mass is 127. The highest BCUT2D eigenvalue weighted by molar-refractivity contribution is 14.1. The van der Waals surface area contributed by atoms with Crippen LogP contribution < -0.4 is 5.32 Å². The lowest BCUT2D eigenvalue weighted by molar-refractivity contribution is 0.102. The third-order valence-corrected chi connectivity index (χ3v) is 6.66. The van der Waals surface area contributed by atoms with E-state index in [9.17, 15) is 4.79 Å². The van der Waals surface area contributed by atoms with Crippen LogP contribution in [-0.4, -0.2) is 5.91 Å². The summed E-state index contributed by atoms with van der Waals surface area (Å²) < 4.78 is 2.92. The number of nitrogens with one attached hydrogen (secondary N) is 1. The number of para-hydroxylation sites is 1. The summed E-state index contributed by atoms with van der Waals surface area (Å²) in [7, 11) is 0. The van der Waals surface area contributed by atoms with Crippen molar-refractivity contribution in [3.8, 4) is 0 Å². The van der Waals surface area contributed by atoms with Crippen molar-refractivity contribution in [2.75, 3.05) is 5.32 Å². The number of halogens is 3. The summed E-state index contributed by atoms with van der Waals surface area (Å²) in [5, 5.41) is 3.06.